The van der Waals surface area contributed by atoms with Gasteiger partial charge >= 0.3 is 12.0 Å². The maximum atomic E-state index is 12.0. The summed E-state index contributed by atoms with van der Waals surface area (Å²) in [5.41, 5.74) is -0.0628. The fraction of sp³-hybridized carbons (Fsp3) is 0.846. The first kappa shape index (κ1) is 15.8. The Labute approximate surface area is 113 Å². The molecule has 6 nitrogen and oxygen atoms in total. The molecule has 19 heavy (non-hydrogen) atoms. The van der Waals surface area contributed by atoms with E-state index in [0.29, 0.717) is 12.5 Å². The molecule has 2 unspecified atom stereocenters. The number of hydrogen-bond acceptors (Lipinski definition) is 3. The van der Waals surface area contributed by atoms with E-state index in [1.54, 1.807) is 0 Å². The van der Waals surface area contributed by atoms with Crippen molar-refractivity contribution in [1.82, 2.24) is 10.2 Å². The summed E-state index contributed by atoms with van der Waals surface area (Å²) in [4.78, 5) is 24.3. The number of aliphatic hydroxyl groups excluding tert-OH is 1. The summed E-state index contributed by atoms with van der Waals surface area (Å²) in [6.07, 6.45) is -0.666. The van der Waals surface area contributed by atoms with Crippen LogP contribution in [0.4, 0.5) is 4.79 Å². The van der Waals surface area contributed by atoms with E-state index in [9.17, 15) is 14.7 Å². The van der Waals surface area contributed by atoms with Crippen molar-refractivity contribution in [3.63, 3.8) is 0 Å². The zero-order valence-electron chi connectivity index (χ0n) is 12.0. The Morgan fingerprint density at radius 3 is 2.47 bits per heavy atom. The van der Waals surface area contributed by atoms with Crippen LogP contribution < -0.4 is 5.32 Å². The van der Waals surface area contributed by atoms with Crippen molar-refractivity contribution in [2.75, 3.05) is 13.1 Å². The number of carbonyl (C=O) groups is 2. The number of hydrogen-bond donors (Lipinski definition) is 3. The van der Waals surface area contributed by atoms with E-state index in [1.165, 1.54) is 4.90 Å². The largest absolute Gasteiger partial charge is 0.480 e. The maximum absolute atomic E-state index is 12.0. The number of nitrogens with zero attached hydrogens (tertiary/aromatic N) is 1. The number of amides is 2. The van der Waals surface area contributed by atoms with E-state index >= 15 is 0 Å². The van der Waals surface area contributed by atoms with Gasteiger partial charge in [0.15, 0.2) is 0 Å². The van der Waals surface area contributed by atoms with Crippen LogP contribution in [0.2, 0.25) is 0 Å². The number of likely N-dealkylation sites (tertiary alicyclic amines) is 1. The van der Waals surface area contributed by atoms with Crippen molar-refractivity contribution in [3.05, 3.63) is 0 Å². The number of carboxylic acid groups (broad SMARTS) is 1. The molecule has 0 aromatic heterocycles. The molecule has 1 aliphatic rings. The quantitative estimate of drug-likeness (QED) is 0.709. The lowest BCUT2D eigenvalue weighted by Crippen LogP contribution is -2.48. The van der Waals surface area contributed by atoms with E-state index in [1.807, 2.05) is 13.8 Å². The topological polar surface area (TPSA) is 89.9 Å². The number of urea groups is 1. The Balaban J connectivity index is 2.60. The first-order valence-electron chi connectivity index (χ1n) is 6.60. The van der Waals surface area contributed by atoms with Crippen molar-refractivity contribution in [2.45, 2.75) is 46.3 Å². The van der Waals surface area contributed by atoms with Gasteiger partial charge in [0, 0.05) is 19.5 Å². The Kier molecular flexibility index (Phi) is 4.79. The number of β-amino-alcohol motifs (C(OH)–C–C–N with tert-alkyl or cyclic N) is 1. The molecule has 1 heterocycles. The van der Waals surface area contributed by atoms with Crippen LogP contribution in [0.1, 0.15) is 34.1 Å². The summed E-state index contributed by atoms with van der Waals surface area (Å²) in [7, 11) is 0. The van der Waals surface area contributed by atoms with Gasteiger partial charge in [-0.25, -0.2) is 9.59 Å². The smallest absolute Gasteiger partial charge is 0.326 e. The maximum Gasteiger partial charge on any atom is 0.326 e. The second kappa shape index (κ2) is 5.77. The minimum absolute atomic E-state index is 0.0628. The van der Waals surface area contributed by atoms with Gasteiger partial charge in [-0.05, 0) is 11.3 Å². The molecule has 2 amide bonds. The average molecular weight is 272 g/mol. The van der Waals surface area contributed by atoms with Gasteiger partial charge in [0.1, 0.15) is 6.04 Å². The predicted molar refractivity (Wildman–Crippen MR) is 70.8 cm³/mol. The lowest BCUT2D eigenvalue weighted by molar-refractivity contribution is -0.141. The third kappa shape index (κ3) is 3.83. The van der Waals surface area contributed by atoms with Crippen LogP contribution in [0.15, 0.2) is 0 Å². The first-order chi connectivity index (χ1) is 8.65. The molecule has 3 N–H and O–H groups in total. The molecular weight excluding hydrogens is 248 g/mol. The molecule has 0 spiro atoms. The fourth-order valence-electron chi connectivity index (χ4n) is 1.88. The molecule has 1 fully saturated rings. The summed E-state index contributed by atoms with van der Waals surface area (Å²) in [5, 5.41) is 21.3. The Morgan fingerprint density at radius 1 is 1.42 bits per heavy atom. The van der Waals surface area contributed by atoms with Crippen LogP contribution >= 0.6 is 0 Å². The summed E-state index contributed by atoms with van der Waals surface area (Å²) in [5.74, 6) is -0.679. The molecular formula is C13H24N2O4. The average Bonchev–Trinajstić information content (AvgIpc) is 2.68. The Morgan fingerprint density at radius 2 is 2.00 bits per heavy atom. The lowest BCUT2D eigenvalue weighted by atomic mass is 9.81. The predicted octanol–water partition coefficient (Wildman–Crippen LogP) is 0.898. The minimum Gasteiger partial charge on any atom is -0.480 e. The van der Waals surface area contributed by atoms with Crippen LogP contribution in [0, 0.1) is 11.3 Å². The molecule has 0 radical (unpaired) electrons. The Hall–Kier alpha value is -1.30. The van der Waals surface area contributed by atoms with Crippen molar-refractivity contribution in [3.8, 4) is 0 Å². The fourth-order valence-corrected chi connectivity index (χ4v) is 1.88. The van der Waals surface area contributed by atoms with Crippen LogP contribution in [-0.2, 0) is 4.79 Å². The summed E-state index contributed by atoms with van der Waals surface area (Å²) in [6, 6.07) is -1.35. The molecule has 0 saturated carbocycles. The third-order valence-electron chi connectivity index (χ3n) is 4.08. The summed E-state index contributed by atoms with van der Waals surface area (Å²) >= 11 is 0. The highest BCUT2D eigenvalue weighted by Gasteiger charge is 2.39. The third-order valence-corrected chi connectivity index (χ3v) is 4.08. The van der Waals surface area contributed by atoms with Gasteiger partial charge in [0.2, 0.25) is 0 Å². The van der Waals surface area contributed by atoms with E-state index in [-0.39, 0.29) is 18.4 Å². The molecule has 2 atom stereocenters. The number of carboxylic acids is 1. The zero-order chi connectivity index (χ0) is 14.8. The molecule has 1 rings (SSSR count). The lowest BCUT2D eigenvalue weighted by Gasteiger charge is -2.31. The molecule has 0 bridgehead atoms. The van der Waals surface area contributed by atoms with E-state index in [2.05, 4.69) is 19.2 Å². The highest BCUT2D eigenvalue weighted by atomic mass is 16.4. The highest BCUT2D eigenvalue weighted by molar-refractivity contribution is 5.83. The van der Waals surface area contributed by atoms with Gasteiger partial charge in [-0.2, -0.15) is 0 Å². The second-order valence-electron chi connectivity index (χ2n) is 6.20. The molecule has 0 aliphatic carbocycles. The van der Waals surface area contributed by atoms with Crippen LogP contribution in [0.25, 0.3) is 0 Å². The van der Waals surface area contributed by atoms with Gasteiger partial charge < -0.3 is 20.4 Å². The van der Waals surface area contributed by atoms with Crippen molar-refractivity contribution in [1.29, 1.82) is 0 Å². The normalized spacial score (nSPS) is 23.8. The number of aliphatic carboxylic acids is 1. The van der Waals surface area contributed by atoms with Gasteiger partial charge in [-0.15, -0.1) is 0 Å². The van der Waals surface area contributed by atoms with Crippen LogP contribution in [0.5, 0.6) is 0 Å². The van der Waals surface area contributed by atoms with Crippen LogP contribution in [-0.4, -0.2) is 52.3 Å². The summed E-state index contributed by atoms with van der Waals surface area (Å²) < 4.78 is 0. The monoisotopic (exact) mass is 272 g/mol. The minimum atomic E-state index is -1.07. The van der Waals surface area contributed by atoms with E-state index in [0.717, 1.165) is 0 Å². The number of nitrogens with one attached hydrogen (secondary N) is 1. The molecule has 0 aromatic carbocycles. The van der Waals surface area contributed by atoms with E-state index in [4.69, 9.17) is 5.11 Å². The van der Waals surface area contributed by atoms with Gasteiger partial charge in [-0.1, -0.05) is 27.7 Å². The number of carbonyl (C=O) groups excluding carboxylic acids is 1. The van der Waals surface area contributed by atoms with E-state index < -0.39 is 24.1 Å². The van der Waals surface area contributed by atoms with Crippen molar-refractivity contribution in [2.24, 2.45) is 11.3 Å². The highest BCUT2D eigenvalue weighted by Crippen LogP contribution is 2.25. The van der Waals surface area contributed by atoms with Crippen LogP contribution in [0.3, 0.4) is 0 Å². The number of rotatable bonds is 4. The van der Waals surface area contributed by atoms with Gasteiger partial charge in [0.05, 0.1) is 6.10 Å². The van der Waals surface area contributed by atoms with Gasteiger partial charge in [0.25, 0.3) is 0 Å². The first-order valence-corrected chi connectivity index (χ1v) is 6.60. The zero-order valence-corrected chi connectivity index (χ0v) is 12.0. The van der Waals surface area contributed by atoms with Crippen molar-refractivity contribution >= 4 is 12.0 Å². The SMILES string of the molecule is CC(C)C(C)(C)CNC(=O)N1CC(O)CC1C(=O)O. The molecule has 1 saturated heterocycles. The van der Waals surface area contributed by atoms with Crippen molar-refractivity contribution < 1.29 is 19.8 Å². The molecule has 6 heteroatoms. The number of aliphatic hydroxyl groups is 1. The summed E-state index contributed by atoms with van der Waals surface area (Å²) in [6.45, 7) is 8.79. The molecule has 1 aliphatic heterocycles. The molecule has 110 valence electrons. The second-order valence-corrected chi connectivity index (χ2v) is 6.20. The molecule has 0 aromatic rings. The van der Waals surface area contributed by atoms with Gasteiger partial charge in [-0.3, -0.25) is 0 Å². The Bertz CT molecular complexity index is 355. The standard InChI is InChI=1S/C13H24N2O4/c1-8(2)13(3,4)7-14-12(19)15-6-9(16)5-10(15)11(17)18/h8-10,16H,5-7H2,1-4H3,(H,14,19)(H,17,18).